The third-order valence-electron chi connectivity index (χ3n) is 2.21. The van der Waals surface area contributed by atoms with E-state index in [9.17, 15) is 4.39 Å². The van der Waals surface area contributed by atoms with E-state index in [-0.39, 0.29) is 5.82 Å². The summed E-state index contributed by atoms with van der Waals surface area (Å²) in [4.78, 5) is 1.76. The van der Waals surface area contributed by atoms with Crippen molar-refractivity contribution >= 4 is 23.0 Å². The third-order valence-corrected chi connectivity index (χ3v) is 2.43. The zero-order valence-corrected chi connectivity index (χ0v) is 7.77. The summed E-state index contributed by atoms with van der Waals surface area (Å²) in [7, 11) is 0. The van der Waals surface area contributed by atoms with Crippen molar-refractivity contribution in [2.24, 2.45) is 5.73 Å². The molecule has 0 saturated carbocycles. The van der Waals surface area contributed by atoms with Crippen molar-refractivity contribution in [1.82, 2.24) is 0 Å². The molecular formula is C9H9FN2S. The zero-order valence-electron chi connectivity index (χ0n) is 6.96. The molecule has 68 valence electrons. The highest BCUT2D eigenvalue weighted by atomic mass is 32.1. The Bertz CT molecular complexity index is 365. The zero-order chi connectivity index (χ0) is 9.42. The first kappa shape index (κ1) is 8.44. The van der Waals surface area contributed by atoms with Crippen molar-refractivity contribution in [3.8, 4) is 0 Å². The van der Waals surface area contributed by atoms with Gasteiger partial charge in [0.1, 0.15) is 5.82 Å². The van der Waals surface area contributed by atoms with Gasteiger partial charge in [-0.1, -0.05) is 6.07 Å². The number of halogens is 1. The Morgan fingerprint density at radius 2 is 2.31 bits per heavy atom. The van der Waals surface area contributed by atoms with Gasteiger partial charge in [0, 0.05) is 12.2 Å². The number of hydrogen-bond acceptors (Lipinski definition) is 1. The van der Waals surface area contributed by atoms with Gasteiger partial charge in [-0.25, -0.2) is 4.39 Å². The number of rotatable bonds is 0. The fourth-order valence-corrected chi connectivity index (χ4v) is 1.77. The van der Waals surface area contributed by atoms with Crippen molar-refractivity contribution in [3.05, 3.63) is 29.6 Å². The number of fused-ring (bicyclic) bond motifs is 1. The molecule has 1 aromatic rings. The largest absolute Gasteiger partial charge is 0.376 e. The molecule has 0 aromatic heterocycles. The molecule has 0 aliphatic carbocycles. The first-order valence-corrected chi connectivity index (χ1v) is 4.45. The van der Waals surface area contributed by atoms with Crippen LogP contribution in [0.5, 0.6) is 0 Å². The van der Waals surface area contributed by atoms with Crippen molar-refractivity contribution < 1.29 is 4.39 Å². The SMILES string of the molecule is NC(=S)N1CCc2ccc(F)cc21. The molecule has 4 heteroatoms. The van der Waals surface area contributed by atoms with Crippen LogP contribution in [0.4, 0.5) is 10.1 Å². The van der Waals surface area contributed by atoms with Gasteiger partial charge in [-0.3, -0.25) is 0 Å². The van der Waals surface area contributed by atoms with Gasteiger partial charge in [-0.15, -0.1) is 0 Å². The van der Waals surface area contributed by atoms with Crippen molar-refractivity contribution in [2.75, 3.05) is 11.4 Å². The van der Waals surface area contributed by atoms with Gasteiger partial charge in [-0.2, -0.15) is 0 Å². The molecule has 2 rings (SSSR count). The molecule has 13 heavy (non-hydrogen) atoms. The number of hydrogen-bond donors (Lipinski definition) is 1. The number of nitrogens with zero attached hydrogens (tertiary/aromatic N) is 1. The van der Waals surface area contributed by atoms with E-state index >= 15 is 0 Å². The van der Waals surface area contributed by atoms with Crippen LogP contribution in [0.2, 0.25) is 0 Å². The van der Waals surface area contributed by atoms with Crippen molar-refractivity contribution in [1.29, 1.82) is 0 Å². The molecule has 0 radical (unpaired) electrons. The average Bonchev–Trinajstić information content (AvgIpc) is 2.46. The van der Waals surface area contributed by atoms with E-state index in [0.717, 1.165) is 24.2 Å². The van der Waals surface area contributed by atoms with Crippen LogP contribution in [0.15, 0.2) is 18.2 Å². The highest BCUT2D eigenvalue weighted by Crippen LogP contribution is 2.28. The van der Waals surface area contributed by atoms with Gasteiger partial charge in [0.05, 0.1) is 0 Å². The summed E-state index contributed by atoms with van der Waals surface area (Å²) in [6, 6.07) is 4.71. The second-order valence-electron chi connectivity index (χ2n) is 3.01. The average molecular weight is 196 g/mol. The summed E-state index contributed by atoms with van der Waals surface area (Å²) in [5.41, 5.74) is 7.42. The van der Waals surface area contributed by atoms with E-state index < -0.39 is 0 Å². The van der Waals surface area contributed by atoms with Crippen molar-refractivity contribution in [2.45, 2.75) is 6.42 Å². The predicted molar refractivity (Wildman–Crippen MR) is 54.2 cm³/mol. The molecule has 0 amide bonds. The quantitative estimate of drug-likeness (QED) is 0.636. The summed E-state index contributed by atoms with van der Waals surface area (Å²) in [5, 5.41) is 0.310. The topological polar surface area (TPSA) is 29.3 Å². The van der Waals surface area contributed by atoms with E-state index in [2.05, 4.69) is 0 Å². The van der Waals surface area contributed by atoms with Gasteiger partial charge in [0.2, 0.25) is 0 Å². The van der Waals surface area contributed by atoms with Crippen LogP contribution in [-0.2, 0) is 6.42 Å². The lowest BCUT2D eigenvalue weighted by Crippen LogP contribution is -2.33. The van der Waals surface area contributed by atoms with E-state index in [1.165, 1.54) is 12.1 Å². The first-order chi connectivity index (χ1) is 6.18. The first-order valence-electron chi connectivity index (χ1n) is 4.04. The maximum Gasteiger partial charge on any atom is 0.170 e. The normalized spacial score (nSPS) is 14.4. The van der Waals surface area contributed by atoms with Crippen molar-refractivity contribution in [3.63, 3.8) is 0 Å². The van der Waals surface area contributed by atoms with Crippen LogP contribution < -0.4 is 10.6 Å². The Morgan fingerprint density at radius 3 is 3.00 bits per heavy atom. The Labute approximate surface area is 81.1 Å². The Balaban J connectivity index is 2.46. The van der Waals surface area contributed by atoms with Gasteiger partial charge in [0.25, 0.3) is 0 Å². The van der Waals surface area contributed by atoms with E-state index in [0.29, 0.717) is 5.11 Å². The molecule has 0 atom stereocenters. The highest BCUT2D eigenvalue weighted by Gasteiger charge is 2.20. The van der Waals surface area contributed by atoms with E-state index in [1.807, 2.05) is 0 Å². The van der Waals surface area contributed by atoms with E-state index in [4.69, 9.17) is 18.0 Å². The maximum atomic E-state index is 12.9. The lowest BCUT2D eigenvalue weighted by atomic mass is 10.2. The molecule has 0 saturated heterocycles. The van der Waals surface area contributed by atoms with E-state index in [1.54, 1.807) is 11.0 Å². The second kappa shape index (κ2) is 2.96. The summed E-state index contributed by atoms with van der Waals surface area (Å²) >= 11 is 4.86. The summed E-state index contributed by atoms with van der Waals surface area (Å²) in [6.45, 7) is 0.758. The minimum Gasteiger partial charge on any atom is -0.376 e. The van der Waals surface area contributed by atoms with Gasteiger partial charge in [-0.05, 0) is 36.3 Å². The van der Waals surface area contributed by atoms with Crippen LogP contribution >= 0.6 is 12.2 Å². The lowest BCUT2D eigenvalue weighted by Gasteiger charge is -2.16. The summed E-state index contributed by atoms with van der Waals surface area (Å²) in [6.07, 6.45) is 0.882. The Morgan fingerprint density at radius 1 is 1.54 bits per heavy atom. The maximum absolute atomic E-state index is 12.9. The molecule has 2 N–H and O–H groups in total. The number of nitrogens with two attached hydrogens (primary N) is 1. The summed E-state index contributed by atoms with van der Waals surface area (Å²) in [5.74, 6) is -0.248. The number of anilines is 1. The number of benzene rings is 1. The lowest BCUT2D eigenvalue weighted by molar-refractivity contribution is 0.628. The number of thiocarbonyl (C=S) groups is 1. The molecule has 1 aliphatic heterocycles. The molecule has 0 fully saturated rings. The molecule has 0 spiro atoms. The molecule has 2 nitrogen and oxygen atoms in total. The predicted octanol–water partition coefficient (Wildman–Crippen LogP) is 1.43. The van der Waals surface area contributed by atoms with Crippen LogP contribution in [0.1, 0.15) is 5.56 Å². The molecule has 0 unspecified atom stereocenters. The van der Waals surface area contributed by atoms with Gasteiger partial charge < -0.3 is 10.6 Å². The smallest absolute Gasteiger partial charge is 0.170 e. The Hall–Kier alpha value is -1.16. The minimum absolute atomic E-state index is 0.248. The van der Waals surface area contributed by atoms with Gasteiger partial charge >= 0.3 is 0 Å². The second-order valence-corrected chi connectivity index (χ2v) is 3.43. The molecule has 1 heterocycles. The van der Waals surface area contributed by atoms with Crippen LogP contribution in [-0.4, -0.2) is 11.7 Å². The summed E-state index contributed by atoms with van der Waals surface area (Å²) < 4.78 is 12.9. The highest BCUT2D eigenvalue weighted by molar-refractivity contribution is 7.80. The van der Waals surface area contributed by atoms with Crippen LogP contribution in [0.25, 0.3) is 0 Å². The minimum atomic E-state index is -0.248. The van der Waals surface area contributed by atoms with Crippen LogP contribution in [0.3, 0.4) is 0 Å². The van der Waals surface area contributed by atoms with Gasteiger partial charge in [0.15, 0.2) is 5.11 Å². The molecule has 1 aromatic carbocycles. The molecule has 1 aliphatic rings. The monoisotopic (exact) mass is 196 g/mol. The standard InChI is InChI=1S/C9H9FN2S/c10-7-2-1-6-3-4-12(9(11)13)8(6)5-7/h1-2,5H,3-4H2,(H2,11,13). The fourth-order valence-electron chi connectivity index (χ4n) is 1.58. The fraction of sp³-hybridized carbons (Fsp3) is 0.222. The molecular weight excluding hydrogens is 187 g/mol. The molecule has 0 bridgehead atoms. The Kier molecular flexibility index (Phi) is 1.92. The third kappa shape index (κ3) is 1.37. The van der Waals surface area contributed by atoms with Crippen LogP contribution in [0, 0.1) is 5.82 Å².